The molecule has 3 rings (SSSR count). The molecule has 1 atom stereocenters. The second-order valence-corrected chi connectivity index (χ2v) is 6.64. The Balaban J connectivity index is 1.73. The number of hydrogen-bond acceptors (Lipinski definition) is 5. The van der Waals surface area contributed by atoms with Crippen LogP contribution in [0.15, 0.2) is 30.3 Å². The topological polar surface area (TPSA) is 63.5 Å². The molecule has 0 spiro atoms. The minimum Gasteiger partial charge on any atom is -0.374 e. The van der Waals surface area contributed by atoms with Gasteiger partial charge in [-0.25, -0.2) is 0 Å². The van der Waals surface area contributed by atoms with Crippen molar-refractivity contribution >= 4 is 5.91 Å². The Morgan fingerprint density at radius 2 is 2.08 bits per heavy atom. The molecule has 0 bridgehead atoms. The standard InChI is InChI=1S/C18H25N5O2/c1-21(2)11-17(24)23-10-9-15-18(19-20-22(15)3)16(23)13-25-12-14-7-5-4-6-8-14/h4-8,16H,9-13H2,1-3H3/t16-/m1/s1. The highest BCUT2D eigenvalue weighted by atomic mass is 16.5. The molecule has 0 N–H and O–H groups in total. The molecule has 1 aliphatic rings. The van der Waals surface area contributed by atoms with Gasteiger partial charge < -0.3 is 14.5 Å². The van der Waals surface area contributed by atoms with E-state index in [9.17, 15) is 4.79 Å². The Hall–Kier alpha value is -2.25. The summed E-state index contributed by atoms with van der Waals surface area (Å²) in [6.07, 6.45) is 0.771. The molecule has 134 valence electrons. The van der Waals surface area contributed by atoms with E-state index >= 15 is 0 Å². The number of carbonyl (C=O) groups is 1. The smallest absolute Gasteiger partial charge is 0.237 e. The third kappa shape index (κ3) is 4.05. The van der Waals surface area contributed by atoms with Gasteiger partial charge in [0.2, 0.25) is 5.91 Å². The lowest BCUT2D eigenvalue weighted by Gasteiger charge is -2.35. The number of fused-ring (bicyclic) bond motifs is 1. The second-order valence-electron chi connectivity index (χ2n) is 6.64. The number of likely N-dealkylation sites (N-methyl/N-ethyl adjacent to an activating group) is 1. The van der Waals surface area contributed by atoms with E-state index < -0.39 is 0 Å². The van der Waals surface area contributed by atoms with Crippen molar-refractivity contribution < 1.29 is 9.53 Å². The van der Waals surface area contributed by atoms with Crippen molar-refractivity contribution in [1.82, 2.24) is 24.8 Å². The molecule has 7 heteroatoms. The summed E-state index contributed by atoms with van der Waals surface area (Å²) in [5, 5.41) is 8.43. The van der Waals surface area contributed by atoms with Gasteiger partial charge in [-0.1, -0.05) is 35.5 Å². The molecular formula is C18H25N5O2. The van der Waals surface area contributed by atoms with E-state index in [0.29, 0.717) is 26.3 Å². The van der Waals surface area contributed by atoms with Crippen LogP contribution in [0.3, 0.4) is 0 Å². The van der Waals surface area contributed by atoms with Crippen LogP contribution >= 0.6 is 0 Å². The fraction of sp³-hybridized carbons (Fsp3) is 0.500. The fourth-order valence-corrected chi connectivity index (χ4v) is 3.16. The van der Waals surface area contributed by atoms with E-state index in [1.165, 1.54) is 0 Å². The van der Waals surface area contributed by atoms with Crippen LogP contribution in [0.4, 0.5) is 0 Å². The van der Waals surface area contributed by atoms with E-state index in [-0.39, 0.29) is 11.9 Å². The summed E-state index contributed by atoms with van der Waals surface area (Å²) in [7, 11) is 5.69. The number of carbonyl (C=O) groups excluding carboxylic acids is 1. The molecule has 0 fully saturated rings. The maximum Gasteiger partial charge on any atom is 0.237 e. The molecule has 0 saturated carbocycles. The summed E-state index contributed by atoms with van der Waals surface area (Å²) in [5.74, 6) is 0.0922. The molecule has 25 heavy (non-hydrogen) atoms. The normalized spacial score (nSPS) is 17.0. The molecule has 0 aliphatic carbocycles. The zero-order valence-electron chi connectivity index (χ0n) is 15.1. The lowest BCUT2D eigenvalue weighted by Crippen LogP contribution is -2.45. The first-order valence-corrected chi connectivity index (χ1v) is 8.50. The first-order valence-electron chi connectivity index (χ1n) is 8.50. The number of ether oxygens (including phenoxy) is 1. The maximum absolute atomic E-state index is 12.6. The van der Waals surface area contributed by atoms with Gasteiger partial charge in [-0.15, -0.1) is 5.10 Å². The second kappa shape index (κ2) is 7.76. The van der Waals surface area contributed by atoms with Crippen LogP contribution < -0.4 is 0 Å². The number of benzene rings is 1. The number of aromatic nitrogens is 3. The highest BCUT2D eigenvalue weighted by Gasteiger charge is 2.34. The van der Waals surface area contributed by atoms with Crippen molar-refractivity contribution in [3.8, 4) is 0 Å². The maximum atomic E-state index is 12.6. The Kier molecular flexibility index (Phi) is 5.45. The molecule has 2 aromatic rings. The summed E-state index contributed by atoms with van der Waals surface area (Å²) in [5.41, 5.74) is 3.06. The Labute approximate surface area is 148 Å². The highest BCUT2D eigenvalue weighted by Crippen LogP contribution is 2.28. The minimum atomic E-state index is -0.186. The molecule has 0 unspecified atom stereocenters. The van der Waals surface area contributed by atoms with Crippen molar-refractivity contribution in [2.75, 3.05) is 33.8 Å². The summed E-state index contributed by atoms with van der Waals surface area (Å²) < 4.78 is 7.73. The average molecular weight is 343 g/mol. The van der Waals surface area contributed by atoms with Crippen LogP contribution in [0.25, 0.3) is 0 Å². The zero-order chi connectivity index (χ0) is 17.8. The number of nitrogens with zero attached hydrogens (tertiary/aromatic N) is 5. The molecular weight excluding hydrogens is 318 g/mol. The van der Waals surface area contributed by atoms with Crippen molar-refractivity contribution in [2.45, 2.75) is 19.1 Å². The summed E-state index contributed by atoms with van der Waals surface area (Å²) in [6, 6.07) is 9.85. The Bertz CT molecular complexity index is 714. The third-order valence-electron chi connectivity index (χ3n) is 4.41. The largest absolute Gasteiger partial charge is 0.374 e. The van der Waals surface area contributed by atoms with E-state index in [1.807, 2.05) is 61.3 Å². The summed E-state index contributed by atoms with van der Waals surface area (Å²) >= 11 is 0. The molecule has 0 radical (unpaired) electrons. The molecule has 1 aliphatic heterocycles. The quantitative estimate of drug-likeness (QED) is 0.784. The number of hydrogen-bond donors (Lipinski definition) is 0. The molecule has 2 heterocycles. The number of rotatable bonds is 6. The van der Waals surface area contributed by atoms with E-state index in [0.717, 1.165) is 23.4 Å². The lowest BCUT2D eigenvalue weighted by molar-refractivity contribution is -0.136. The van der Waals surface area contributed by atoms with Crippen molar-refractivity contribution in [3.05, 3.63) is 47.3 Å². The zero-order valence-corrected chi connectivity index (χ0v) is 15.1. The van der Waals surface area contributed by atoms with Gasteiger partial charge in [0.05, 0.1) is 25.5 Å². The minimum absolute atomic E-state index is 0.0922. The monoisotopic (exact) mass is 343 g/mol. The van der Waals surface area contributed by atoms with E-state index in [4.69, 9.17) is 4.74 Å². The molecule has 7 nitrogen and oxygen atoms in total. The Morgan fingerprint density at radius 3 is 2.80 bits per heavy atom. The number of aryl methyl sites for hydroxylation is 1. The van der Waals surface area contributed by atoms with Gasteiger partial charge in [-0.05, 0) is 19.7 Å². The van der Waals surface area contributed by atoms with Gasteiger partial charge in [0, 0.05) is 20.0 Å². The average Bonchev–Trinajstić information content (AvgIpc) is 2.97. The van der Waals surface area contributed by atoms with Gasteiger partial charge in [0.25, 0.3) is 0 Å². The molecule has 0 saturated heterocycles. The van der Waals surface area contributed by atoms with Crippen LogP contribution in [-0.2, 0) is 29.6 Å². The summed E-state index contributed by atoms with van der Waals surface area (Å²) in [6.45, 7) is 1.98. The van der Waals surface area contributed by atoms with Gasteiger partial charge >= 0.3 is 0 Å². The van der Waals surface area contributed by atoms with Crippen LogP contribution in [-0.4, -0.2) is 64.5 Å². The van der Waals surface area contributed by atoms with Crippen LogP contribution in [0.2, 0.25) is 0 Å². The van der Waals surface area contributed by atoms with Crippen molar-refractivity contribution in [2.24, 2.45) is 7.05 Å². The van der Waals surface area contributed by atoms with Crippen molar-refractivity contribution in [1.29, 1.82) is 0 Å². The molecule has 1 amide bonds. The van der Waals surface area contributed by atoms with Gasteiger partial charge in [0.15, 0.2) is 0 Å². The first kappa shape index (κ1) is 17.6. The number of amides is 1. The SMILES string of the molecule is CN(C)CC(=O)N1CCc2c(nnn2C)[C@H]1COCc1ccccc1. The third-order valence-corrected chi connectivity index (χ3v) is 4.41. The van der Waals surface area contributed by atoms with Crippen molar-refractivity contribution in [3.63, 3.8) is 0 Å². The highest BCUT2D eigenvalue weighted by molar-refractivity contribution is 5.79. The molecule has 1 aromatic carbocycles. The Morgan fingerprint density at radius 1 is 1.32 bits per heavy atom. The van der Waals surface area contributed by atoms with Crippen LogP contribution in [0, 0.1) is 0 Å². The van der Waals surface area contributed by atoms with Gasteiger partial charge in [-0.3, -0.25) is 9.48 Å². The van der Waals surface area contributed by atoms with Crippen LogP contribution in [0.5, 0.6) is 0 Å². The van der Waals surface area contributed by atoms with Gasteiger partial charge in [0.1, 0.15) is 11.7 Å². The predicted molar refractivity (Wildman–Crippen MR) is 93.8 cm³/mol. The fourth-order valence-electron chi connectivity index (χ4n) is 3.16. The van der Waals surface area contributed by atoms with Crippen LogP contribution in [0.1, 0.15) is 23.0 Å². The lowest BCUT2D eigenvalue weighted by atomic mass is 10.0. The molecule has 1 aromatic heterocycles. The first-order chi connectivity index (χ1) is 12.1. The van der Waals surface area contributed by atoms with E-state index in [2.05, 4.69) is 10.3 Å². The summed E-state index contributed by atoms with van der Waals surface area (Å²) in [4.78, 5) is 16.4. The van der Waals surface area contributed by atoms with Gasteiger partial charge in [-0.2, -0.15) is 0 Å². The van der Waals surface area contributed by atoms with E-state index in [1.54, 1.807) is 4.68 Å². The predicted octanol–water partition coefficient (Wildman–Crippen LogP) is 1.02.